The summed E-state index contributed by atoms with van der Waals surface area (Å²) in [5.41, 5.74) is 1.35. The number of rotatable bonds is 5. The molecule has 1 aliphatic rings. The van der Waals surface area contributed by atoms with Gasteiger partial charge in [0.25, 0.3) is 0 Å². The SMILES string of the molecule is CC(NC(=O)C1CCCC(C(=O)O)C1)(c1ccccc1)c1ccccc1. The van der Waals surface area contributed by atoms with E-state index in [0.717, 1.165) is 24.0 Å². The van der Waals surface area contributed by atoms with Gasteiger partial charge in [0.1, 0.15) is 0 Å². The summed E-state index contributed by atoms with van der Waals surface area (Å²) < 4.78 is 0. The van der Waals surface area contributed by atoms with Crippen LogP contribution in [0.5, 0.6) is 0 Å². The Bertz CT molecular complexity index is 718. The average molecular weight is 351 g/mol. The second-order valence-corrected chi connectivity index (χ2v) is 7.24. The number of carbonyl (C=O) groups is 2. The molecule has 2 N–H and O–H groups in total. The molecule has 2 atom stereocenters. The van der Waals surface area contributed by atoms with Gasteiger partial charge in [0.15, 0.2) is 0 Å². The van der Waals surface area contributed by atoms with Crippen molar-refractivity contribution in [3.8, 4) is 0 Å². The van der Waals surface area contributed by atoms with Crippen molar-refractivity contribution in [2.24, 2.45) is 11.8 Å². The van der Waals surface area contributed by atoms with Crippen molar-refractivity contribution >= 4 is 11.9 Å². The average Bonchev–Trinajstić information content (AvgIpc) is 2.69. The maximum atomic E-state index is 13.0. The summed E-state index contributed by atoms with van der Waals surface area (Å²) in [6.45, 7) is 2.01. The van der Waals surface area contributed by atoms with Crippen molar-refractivity contribution < 1.29 is 14.7 Å². The van der Waals surface area contributed by atoms with Gasteiger partial charge in [0.2, 0.25) is 5.91 Å². The van der Waals surface area contributed by atoms with Crippen molar-refractivity contribution in [3.05, 3.63) is 71.8 Å². The highest BCUT2D eigenvalue weighted by Gasteiger charge is 2.36. The molecule has 136 valence electrons. The van der Waals surface area contributed by atoms with Crippen LogP contribution in [0.1, 0.15) is 43.7 Å². The van der Waals surface area contributed by atoms with Crippen LogP contribution >= 0.6 is 0 Å². The highest BCUT2D eigenvalue weighted by Crippen LogP contribution is 2.33. The minimum Gasteiger partial charge on any atom is -0.481 e. The summed E-state index contributed by atoms with van der Waals surface area (Å²) in [5.74, 6) is -1.53. The van der Waals surface area contributed by atoms with Gasteiger partial charge in [-0.05, 0) is 37.3 Å². The molecule has 2 aromatic carbocycles. The lowest BCUT2D eigenvalue weighted by atomic mass is 9.79. The molecule has 4 heteroatoms. The third-order valence-corrected chi connectivity index (χ3v) is 5.47. The Morgan fingerprint density at radius 3 is 1.92 bits per heavy atom. The Morgan fingerprint density at radius 2 is 1.42 bits per heavy atom. The molecule has 2 unspecified atom stereocenters. The van der Waals surface area contributed by atoms with E-state index in [9.17, 15) is 14.7 Å². The van der Waals surface area contributed by atoms with Gasteiger partial charge in [-0.2, -0.15) is 0 Å². The van der Waals surface area contributed by atoms with Gasteiger partial charge >= 0.3 is 5.97 Å². The molecule has 0 aromatic heterocycles. The third kappa shape index (κ3) is 3.79. The van der Waals surface area contributed by atoms with Crippen molar-refractivity contribution in [1.29, 1.82) is 0 Å². The first-order chi connectivity index (χ1) is 12.5. The number of carboxylic acid groups (broad SMARTS) is 1. The number of aliphatic carboxylic acids is 1. The summed E-state index contributed by atoms with van der Waals surface area (Å²) in [6, 6.07) is 19.8. The van der Waals surface area contributed by atoms with Gasteiger partial charge in [-0.15, -0.1) is 0 Å². The fraction of sp³-hybridized carbons (Fsp3) is 0.364. The molecule has 1 amide bonds. The van der Waals surface area contributed by atoms with Crippen molar-refractivity contribution in [3.63, 3.8) is 0 Å². The molecule has 1 aliphatic carbocycles. The van der Waals surface area contributed by atoms with E-state index in [4.69, 9.17) is 0 Å². The number of amides is 1. The maximum Gasteiger partial charge on any atom is 0.306 e. The highest BCUT2D eigenvalue weighted by atomic mass is 16.4. The van der Waals surface area contributed by atoms with Crippen molar-refractivity contribution in [1.82, 2.24) is 5.32 Å². The molecular formula is C22H25NO3. The first-order valence-corrected chi connectivity index (χ1v) is 9.16. The van der Waals surface area contributed by atoms with Crippen LogP contribution in [0, 0.1) is 11.8 Å². The zero-order valence-corrected chi connectivity index (χ0v) is 15.0. The monoisotopic (exact) mass is 351 g/mol. The van der Waals surface area contributed by atoms with Gasteiger partial charge in [-0.25, -0.2) is 0 Å². The maximum absolute atomic E-state index is 13.0. The van der Waals surface area contributed by atoms with Crippen LogP contribution in [0.3, 0.4) is 0 Å². The molecule has 0 spiro atoms. The van der Waals surface area contributed by atoms with E-state index in [1.54, 1.807) is 0 Å². The first kappa shape index (κ1) is 18.2. The molecule has 3 rings (SSSR count). The van der Waals surface area contributed by atoms with Gasteiger partial charge in [-0.3, -0.25) is 9.59 Å². The third-order valence-electron chi connectivity index (χ3n) is 5.47. The summed E-state index contributed by atoms with van der Waals surface area (Å²) in [6.07, 6.45) is 2.60. The number of benzene rings is 2. The minimum atomic E-state index is -0.795. The van der Waals surface area contributed by atoms with E-state index < -0.39 is 17.4 Å². The molecule has 1 fully saturated rings. The zero-order chi connectivity index (χ0) is 18.6. The Kier molecular flexibility index (Phi) is 5.40. The largest absolute Gasteiger partial charge is 0.481 e. The molecule has 0 saturated heterocycles. The Balaban J connectivity index is 1.87. The Hall–Kier alpha value is -2.62. The van der Waals surface area contributed by atoms with Crippen LogP contribution in [0.2, 0.25) is 0 Å². The van der Waals surface area contributed by atoms with Crippen LogP contribution in [0.4, 0.5) is 0 Å². The molecule has 0 aliphatic heterocycles. The molecular weight excluding hydrogens is 326 g/mol. The topological polar surface area (TPSA) is 66.4 Å². The van der Waals surface area contributed by atoms with Gasteiger partial charge in [0.05, 0.1) is 11.5 Å². The summed E-state index contributed by atoms with van der Waals surface area (Å²) in [7, 11) is 0. The molecule has 26 heavy (non-hydrogen) atoms. The fourth-order valence-electron chi connectivity index (χ4n) is 3.85. The lowest BCUT2D eigenvalue weighted by Crippen LogP contribution is -2.47. The predicted octanol–water partition coefficient (Wildman–Crippen LogP) is 3.96. The van der Waals surface area contributed by atoms with Gasteiger partial charge in [-0.1, -0.05) is 67.1 Å². The van der Waals surface area contributed by atoms with E-state index in [1.807, 2.05) is 67.6 Å². The van der Waals surface area contributed by atoms with E-state index in [1.165, 1.54) is 0 Å². The molecule has 4 nitrogen and oxygen atoms in total. The number of nitrogens with one attached hydrogen (secondary N) is 1. The summed E-state index contributed by atoms with van der Waals surface area (Å²) >= 11 is 0. The van der Waals surface area contributed by atoms with E-state index in [0.29, 0.717) is 12.8 Å². The van der Waals surface area contributed by atoms with Crippen LogP contribution in [-0.4, -0.2) is 17.0 Å². The van der Waals surface area contributed by atoms with E-state index in [-0.39, 0.29) is 11.8 Å². The molecule has 2 aromatic rings. The fourth-order valence-corrected chi connectivity index (χ4v) is 3.85. The van der Waals surface area contributed by atoms with Crippen LogP contribution in [0.15, 0.2) is 60.7 Å². The van der Waals surface area contributed by atoms with E-state index in [2.05, 4.69) is 5.32 Å². The lowest BCUT2D eigenvalue weighted by Gasteiger charge is -2.35. The standard InChI is InChI=1S/C22H25NO3/c1-22(18-11-4-2-5-12-18,19-13-6-3-7-14-19)23-20(24)16-9-8-10-17(15-16)21(25)26/h2-7,11-14,16-17H,8-10,15H2,1H3,(H,23,24)(H,25,26). The second kappa shape index (κ2) is 7.73. The molecule has 0 bridgehead atoms. The van der Waals surface area contributed by atoms with Crippen LogP contribution in [-0.2, 0) is 15.1 Å². The van der Waals surface area contributed by atoms with E-state index >= 15 is 0 Å². The van der Waals surface area contributed by atoms with Crippen LogP contribution in [0.25, 0.3) is 0 Å². The summed E-state index contributed by atoms with van der Waals surface area (Å²) in [4.78, 5) is 24.3. The number of carboxylic acids is 1. The molecule has 1 saturated carbocycles. The zero-order valence-electron chi connectivity index (χ0n) is 15.0. The molecule has 0 heterocycles. The number of hydrogen-bond donors (Lipinski definition) is 2. The van der Waals surface area contributed by atoms with Gasteiger partial charge < -0.3 is 10.4 Å². The summed E-state index contributed by atoms with van der Waals surface area (Å²) in [5, 5.41) is 12.5. The predicted molar refractivity (Wildman–Crippen MR) is 101 cm³/mol. The Morgan fingerprint density at radius 1 is 0.923 bits per heavy atom. The normalized spacial score (nSPS) is 20.3. The van der Waals surface area contributed by atoms with Crippen LogP contribution < -0.4 is 5.32 Å². The first-order valence-electron chi connectivity index (χ1n) is 9.16. The molecule has 0 radical (unpaired) electrons. The Labute approximate surface area is 154 Å². The van der Waals surface area contributed by atoms with Gasteiger partial charge in [0, 0.05) is 5.92 Å². The second-order valence-electron chi connectivity index (χ2n) is 7.24. The van der Waals surface area contributed by atoms with Crippen molar-refractivity contribution in [2.75, 3.05) is 0 Å². The van der Waals surface area contributed by atoms with Crippen molar-refractivity contribution in [2.45, 2.75) is 38.1 Å². The minimum absolute atomic E-state index is 0.0637. The number of hydrogen-bond acceptors (Lipinski definition) is 2. The number of carbonyl (C=O) groups excluding carboxylic acids is 1. The highest BCUT2D eigenvalue weighted by molar-refractivity contribution is 5.81. The smallest absolute Gasteiger partial charge is 0.306 e. The lowest BCUT2D eigenvalue weighted by molar-refractivity contribution is -0.144. The quantitative estimate of drug-likeness (QED) is 0.857.